The summed E-state index contributed by atoms with van der Waals surface area (Å²) in [6, 6.07) is 14.8. The number of rotatable bonds is 5. The summed E-state index contributed by atoms with van der Waals surface area (Å²) in [5, 5.41) is 3.24. The molecule has 0 radical (unpaired) electrons. The molecule has 2 aliphatic rings. The molecule has 2 aromatic rings. The number of benzene rings is 2. The molecule has 2 aromatic carbocycles. The van der Waals surface area contributed by atoms with Gasteiger partial charge in [0.1, 0.15) is 0 Å². The van der Waals surface area contributed by atoms with Crippen LogP contribution in [0.2, 0.25) is 0 Å². The minimum atomic E-state index is -0.0541. The Balaban J connectivity index is 1.45. The summed E-state index contributed by atoms with van der Waals surface area (Å²) in [5.41, 5.74) is 5.30. The van der Waals surface area contributed by atoms with Crippen LogP contribution in [0.1, 0.15) is 34.5 Å². The van der Waals surface area contributed by atoms with E-state index < -0.39 is 0 Å². The molecule has 4 rings (SSSR count). The maximum atomic E-state index is 13.2. The van der Waals surface area contributed by atoms with Gasteiger partial charge in [0.25, 0.3) is 5.91 Å². The van der Waals surface area contributed by atoms with Crippen LogP contribution in [-0.4, -0.2) is 82.2 Å². The SMILES string of the molecule is Cc1ccc(N2CCN(C)CC2)cc1C(=O)NC(C)c1cccc(N2CCN(C)CC2)c1. The van der Waals surface area contributed by atoms with E-state index in [0.717, 1.165) is 74.7 Å². The Morgan fingerprint density at radius 1 is 0.812 bits per heavy atom. The van der Waals surface area contributed by atoms with Gasteiger partial charge in [0, 0.05) is 69.3 Å². The molecule has 1 unspecified atom stereocenters. The number of nitrogens with zero attached hydrogens (tertiary/aromatic N) is 4. The van der Waals surface area contributed by atoms with Crippen molar-refractivity contribution in [3.8, 4) is 0 Å². The van der Waals surface area contributed by atoms with E-state index in [1.54, 1.807) is 0 Å². The van der Waals surface area contributed by atoms with Gasteiger partial charge in [0.2, 0.25) is 0 Å². The van der Waals surface area contributed by atoms with Crippen molar-refractivity contribution in [2.75, 3.05) is 76.3 Å². The third kappa shape index (κ3) is 5.25. The summed E-state index contributed by atoms with van der Waals surface area (Å²) in [6.45, 7) is 12.4. The topological polar surface area (TPSA) is 42.1 Å². The lowest BCUT2D eigenvalue weighted by Crippen LogP contribution is -2.44. The predicted octanol–water partition coefficient (Wildman–Crippen LogP) is 2.99. The lowest BCUT2D eigenvalue weighted by atomic mass is 10.0. The summed E-state index contributed by atoms with van der Waals surface area (Å²) >= 11 is 0. The van der Waals surface area contributed by atoms with Crippen LogP contribution >= 0.6 is 0 Å². The van der Waals surface area contributed by atoms with Crippen molar-refractivity contribution < 1.29 is 4.79 Å². The highest BCUT2D eigenvalue weighted by molar-refractivity contribution is 5.96. The second kappa shape index (κ2) is 9.92. The number of hydrogen-bond donors (Lipinski definition) is 1. The predicted molar refractivity (Wildman–Crippen MR) is 133 cm³/mol. The number of carbonyl (C=O) groups excluding carboxylic acids is 1. The second-order valence-corrected chi connectivity index (χ2v) is 9.37. The van der Waals surface area contributed by atoms with Gasteiger partial charge in [-0.2, -0.15) is 0 Å². The summed E-state index contributed by atoms with van der Waals surface area (Å²) in [7, 11) is 4.33. The average molecular weight is 436 g/mol. The van der Waals surface area contributed by atoms with E-state index in [9.17, 15) is 4.79 Å². The minimum Gasteiger partial charge on any atom is -0.369 e. The van der Waals surface area contributed by atoms with Crippen LogP contribution in [0.25, 0.3) is 0 Å². The van der Waals surface area contributed by atoms with Crippen molar-refractivity contribution in [1.29, 1.82) is 0 Å². The van der Waals surface area contributed by atoms with E-state index in [1.807, 2.05) is 6.92 Å². The van der Waals surface area contributed by atoms with Gasteiger partial charge in [-0.3, -0.25) is 4.79 Å². The molecule has 32 heavy (non-hydrogen) atoms. The molecule has 0 aliphatic carbocycles. The van der Waals surface area contributed by atoms with E-state index in [1.165, 1.54) is 5.69 Å². The van der Waals surface area contributed by atoms with Crippen molar-refractivity contribution in [2.45, 2.75) is 19.9 Å². The van der Waals surface area contributed by atoms with E-state index in [-0.39, 0.29) is 11.9 Å². The lowest BCUT2D eigenvalue weighted by Gasteiger charge is -2.34. The molecule has 2 heterocycles. The van der Waals surface area contributed by atoms with Crippen molar-refractivity contribution in [1.82, 2.24) is 15.1 Å². The van der Waals surface area contributed by atoms with Gasteiger partial charge in [0.05, 0.1) is 6.04 Å². The van der Waals surface area contributed by atoms with Crippen LogP contribution in [0.15, 0.2) is 42.5 Å². The molecule has 1 N–H and O–H groups in total. The standard InChI is InChI=1S/C26H37N5O/c1-20-8-9-24(31-16-12-29(4)13-17-31)19-25(20)26(32)27-21(2)22-6-5-7-23(18-22)30-14-10-28(3)11-15-30/h5-9,18-19,21H,10-17H2,1-4H3,(H,27,32). The Kier molecular flexibility index (Phi) is 7.01. The zero-order valence-corrected chi connectivity index (χ0v) is 20.0. The number of likely N-dealkylation sites (N-methyl/N-ethyl adjacent to an activating group) is 2. The quantitative estimate of drug-likeness (QED) is 0.782. The number of aryl methyl sites for hydroxylation is 1. The molecule has 172 valence electrons. The number of amides is 1. The van der Waals surface area contributed by atoms with Gasteiger partial charge < -0.3 is 24.9 Å². The fourth-order valence-electron chi connectivity index (χ4n) is 4.53. The molecule has 0 aromatic heterocycles. The number of nitrogens with one attached hydrogen (secondary N) is 1. The van der Waals surface area contributed by atoms with Crippen LogP contribution < -0.4 is 15.1 Å². The van der Waals surface area contributed by atoms with Gasteiger partial charge >= 0.3 is 0 Å². The Morgan fingerprint density at radius 2 is 1.38 bits per heavy atom. The summed E-state index contributed by atoms with van der Waals surface area (Å²) < 4.78 is 0. The van der Waals surface area contributed by atoms with Crippen molar-refractivity contribution >= 4 is 17.3 Å². The molecule has 1 atom stereocenters. The van der Waals surface area contributed by atoms with E-state index in [0.29, 0.717) is 0 Å². The summed E-state index contributed by atoms with van der Waals surface area (Å²) in [6.07, 6.45) is 0. The fourth-order valence-corrected chi connectivity index (χ4v) is 4.53. The number of hydrogen-bond acceptors (Lipinski definition) is 5. The van der Waals surface area contributed by atoms with E-state index in [2.05, 4.69) is 88.4 Å². The maximum absolute atomic E-state index is 13.2. The Bertz CT molecular complexity index is 930. The smallest absolute Gasteiger partial charge is 0.252 e. The zero-order valence-electron chi connectivity index (χ0n) is 20.0. The van der Waals surface area contributed by atoms with Crippen LogP contribution in [-0.2, 0) is 0 Å². The molecular formula is C26H37N5O. The first-order valence-electron chi connectivity index (χ1n) is 11.8. The fraction of sp³-hybridized carbons (Fsp3) is 0.500. The summed E-state index contributed by atoms with van der Waals surface area (Å²) in [5.74, 6) is -0.00372. The highest BCUT2D eigenvalue weighted by Crippen LogP contribution is 2.24. The molecule has 6 heteroatoms. The molecule has 0 spiro atoms. The molecule has 2 aliphatic heterocycles. The highest BCUT2D eigenvalue weighted by Gasteiger charge is 2.19. The van der Waals surface area contributed by atoms with Crippen LogP contribution in [0.3, 0.4) is 0 Å². The van der Waals surface area contributed by atoms with Crippen molar-refractivity contribution in [3.05, 3.63) is 59.2 Å². The van der Waals surface area contributed by atoms with Gasteiger partial charge in [-0.1, -0.05) is 18.2 Å². The van der Waals surface area contributed by atoms with Gasteiger partial charge in [-0.25, -0.2) is 0 Å². The average Bonchev–Trinajstić information content (AvgIpc) is 2.80. The first-order valence-corrected chi connectivity index (χ1v) is 11.8. The zero-order chi connectivity index (χ0) is 22.7. The summed E-state index contributed by atoms with van der Waals surface area (Å²) in [4.78, 5) is 22.7. The molecule has 0 bridgehead atoms. The first-order chi connectivity index (χ1) is 15.4. The third-order valence-electron chi connectivity index (χ3n) is 6.92. The van der Waals surface area contributed by atoms with E-state index in [4.69, 9.17) is 0 Å². The Morgan fingerprint density at radius 3 is 1.97 bits per heavy atom. The molecule has 6 nitrogen and oxygen atoms in total. The number of piperazine rings is 2. The van der Waals surface area contributed by atoms with Crippen molar-refractivity contribution in [3.63, 3.8) is 0 Å². The normalized spacial score (nSPS) is 19.1. The molecule has 2 saturated heterocycles. The van der Waals surface area contributed by atoms with Crippen LogP contribution in [0, 0.1) is 6.92 Å². The van der Waals surface area contributed by atoms with Crippen molar-refractivity contribution in [2.24, 2.45) is 0 Å². The molecular weight excluding hydrogens is 398 g/mol. The Hall–Kier alpha value is -2.57. The van der Waals surface area contributed by atoms with Crippen LogP contribution in [0.5, 0.6) is 0 Å². The number of carbonyl (C=O) groups is 1. The monoisotopic (exact) mass is 435 g/mol. The lowest BCUT2D eigenvalue weighted by molar-refractivity contribution is 0.0939. The van der Waals surface area contributed by atoms with Gasteiger partial charge in [-0.15, -0.1) is 0 Å². The highest BCUT2D eigenvalue weighted by atomic mass is 16.1. The number of anilines is 2. The minimum absolute atomic E-state index is 0.00372. The van der Waals surface area contributed by atoms with E-state index >= 15 is 0 Å². The maximum Gasteiger partial charge on any atom is 0.252 e. The Labute approximate surface area is 192 Å². The third-order valence-corrected chi connectivity index (χ3v) is 6.92. The first kappa shape index (κ1) is 22.6. The van der Waals surface area contributed by atoms with Gasteiger partial charge in [-0.05, 0) is 63.3 Å². The molecule has 1 amide bonds. The molecule has 2 fully saturated rings. The van der Waals surface area contributed by atoms with Gasteiger partial charge in [0.15, 0.2) is 0 Å². The largest absolute Gasteiger partial charge is 0.369 e. The van der Waals surface area contributed by atoms with Crippen LogP contribution in [0.4, 0.5) is 11.4 Å². The molecule has 0 saturated carbocycles. The second-order valence-electron chi connectivity index (χ2n) is 9.37.